The number of likely N-dealkylation sites (tertiary alicyclic amines) is 1. The molecule has 0 unspecified atom stereocenters. The third-order valence-electron chi connectivity index (χ3n) is 4.34. The molecule has 1 aromatic carbocycles. The third kappa shape index (κ3) is 3.45. The highest BCUT2D eigenvalue weighted by atomic mass is 19.4. The lowest BCUT2D eigenvalue weighted by molar-refractivity contribution is -0.137. The van der Waals surface area contributed by atoms with Gasteiger partial charge in [-0.2, -0.15) is 13.2 Å². The Labute approximate surface area is 141 Å². The van der Waals surface area contributed by atoms with Crippen LogP contribution in [0.3, 0.4) is 0 Å². The van der Waals surface area contributed by atoms with Crippen LogP contribution in [0.1, 0.15) is 28.8 Å². The summed E-state index contributed by atoms with van der Waals surface area (Å²) in [5.74, 6) is -0.910. The Bertz CT molecular complexity index is 696. The predicted molar refractivity (Wildman–Crippen MR) is 78.6 cm³/mol. The Balaban J connectivity index is 1.66. The second kappa shape index (κ2) is 6.38. The number of cyclic esters (lactones) is 1. The lowest BCUT2D eigenvalue weighted by atomic mass is 10.0. The third-order valence-corrected chi connectivity index (χ3v) is 4.34. The molecule has 0 radical (unpaired) electrons. The number of hydrogen-bond acceptors (Lipinski definition) is 4. The fourth-order valence-corrected chi connectivity index (χ4v) is 3.06. The van der Waals surface area contributed by atoms with Gasteiger partial charge in [0.2, 0.25) is 0 Å². The van der Waals surface area contributed by atoms with Gasteiger partial charge in [-0.05, 0) is 31.0 Å². The molecule has 0 aliphatic carbocycles. The molecule has 3 rings (SSSR count). The molecule has 0 N–H and O–H groups in total. The van der Waals surface area contributed by atoms with E-state index in [1.54, 1.807) is 0 Å². The topological polar surface area (TPSA) is 66.9 Å². The van der Waals surface area contributed by atoms with E-state index in [4.69, 9.17) is 0 Å². The lowest BCUT2D eigenvalue weighted by Crippen LogP contribution is -2.48. The van der Waals surface area contributed by atoms with Crippen LogP contribution in [0.25, 0.3) is 0 Å². The van der Waals surface area contributed by atoms with Gasteiger partial charge in [0.15, 0.2) is 6.61 Å². The quantitative estimate of drug-likeness (QED) is 0.816. The molecule has 0 aromatic heterocycles. The molecule has 0 spiro atoms. The normalized spacial score (nSPS) is 19.3. The van der Waals surface area contributed by atoms with Gasteiger partial charge in [0, 0.05) is 24.7 Å². The predicted octanol–water partition coefficient (Wildman–Crippen LogP) is 2.29. The number of imide groups is 1. The van der Waals surface area contributed by atoms with E-state index in [2.05, 4.69) is 4.74 Å². The molecule has 0 saturated carbocycles. The summed E-state index contributed by atoms with van der Waals surface area (Å²) in [4.78, 5) is 38.1. The first-order valence-electron chi connectivity index (χ1n) is 7.73. The lowest BCUT2D eigenvalue weighted by Gasteiger charge is -2.34. The number of amides is 3. The van der Waals surface area contributed by atoms with Gasteiger partial charge in [-0.15, -0.1) is 0 Å². The van der Waals surface area contributed by atoms with E-state index in [0.29, 0.717) is 12.8 Å². The summed E-state index contributed by atoms with van der Waals surface area (Å²) in [6, 6.07) is 3.92. The first-order chi connectivity index (χ1) is 11.8. The molecule has 2 aliphatic rings. The molecule has 1 aromatic rings. The van der Waals surface area contributed by atoms with E-state index in [9.17, 15) is 27.6 Å². The van der Waals surface area contributed by atoms with Crippen LogP contribution in [0.15, 0.2) is 24.3 Å². The molecule has 134 valence electrons. The highest BCUT2D eigenvalue weighted by Crippen LogP contribution is 2.30. The van der Waals surface area contributed by atoms with Crippen molar-refractivity contribution in [3.05, 3.63) is 35.4 Å². The van der Waals surface area contributed by atoms with Gasteiger partial charge in [0.1, 0.15) is 0 Å². The molecular formula is C16H15F3N2O4. The molecular weight excluding hydrogens is 341 g/mol. The number of alkyl halides is 3. The molecule has 6 nitrogen and oxygen atoms in total. The number of rotatable bonds is 2. The Morgan fingerprint density at radius 1 is 1.16 bits per heavy atom. The van der Waals surface area contributed by atoms with E-state index in [0.717, 1.165) is 17.0 Å². The van der Waals surface area contributed by atoms with Crippen molar-refractivity contribution >= 4 is 17.9 Å². The molecule has 2 aliphatic heterocycles. The summed E-state index contributed by atoms with van der Waals surface area (Å²) in [5.41, 5.74) is -0.913. The minimum absolute atomic E-state index is 0.0371. The summed E-state index contributed by atoms with van der Waals surface area (Å²) < 4.78 is 43.0. The molecule has 2 heterocycles. The molecule has 2 fully saturated rings. The number of benzene rings is 1. The van der Waals surface area contributed by atoms with Crippen molar-refractivity contribution in [3.8, 4) is 0 Å². The standard InChI is InChI=1S/C16H15F3N2O4/c17-16(18,19)11-3-1-2-10(8-11)14(23)20-6-4-12(5-7-20)21-13(22)9-25-15(21)24/h1-3,8,12H,4-7,9H2. The molecule has 2 saturated heterocycles. The zero-order chi connectivity index (χ0) is 18.2. The van der Waals surface area contributed by atoms with E-state index in [1.165, 1.54) is 17.0 Å². The van der Waals surface area contributed by atoms with Gasteiger partial charge in [-0.25, -0.2) is 9.69 Å². The van der Waals surface area contributed by atoms with Crippen molar-refractivity contribution in [1.29, 1.82) is 0 Å². The second-order valence-electron chi connectivity index (χ2n) is 5.92. The largest absolute Gasteiger partial charge is 0.439 e. The molecule has 9 heteroatoms. The number of piperidine rings is 1. The number of carbonyl (C=O) groups excluding carboxylic acids is 3. The van der Waals surface area contributed by atoms with Crippen molar-refractivity contribution in [2.75, 3.05) is 19.7 Å². The van der Waals surface area contributed by atoms with Crippen LogP contribution in [0.4, 0.5) is 18.0 Å². The fourth-order valence-electron chi connectivity index (χ4n) is 3.06. The summed E-state index contributed by atoms with van der Waals surface area (Å²) in [6.45, 7) is 0.218. The van der Waals surface area contributed by atoms with Crippen LogP contribution in [0.2, 0.25) is 0 Å². The highest BCUT2D eigenvalue weighted by molar-refractivity contribution is 5.98. The monoisotopic (exact) mass is 356 g/mol. The highest BCUT2D eigenvalue weighted by Gasteiger charge is 2.39. The Kier molecular flexibility index (Phi) is 4.40. The summed E-state index contributed by atoms with van der Waals surface area (Å²) >= 11 is 0. The average Bonchev–Trinajstić information content (AvgIpc) is 2.92. The van der Waals surface area contributed by atoms with Gasteiger partial charge in [0.25, 0.3) is 11.8 Å². The molecule has 0 bridgehead atoms. The zero-order valence-electron chi connectivity index (χ0n) is 13.1. The Morgan fingerprint density at radius 3 is 2.40 bits per heavy atom. The molecule has 25 heavy (non-hydrogen) atoms. The first-order valence-corrected chi connectivity index (χ1v) is 7.73. The van der Waals surface area contributed by atoms with Crippen LogP contribution in [-0.2, 0) is 15.7 Å². The zero-order valence-corrected chi connectivity index (χ0v) is 13.1. The number of nitrogens with zero attached hydrogens (tertiary/aromatic N) is 2. The SMILES string of the molecule is O=C(c1cccc(C(F)(F)F)c1)N1CCC(N2C(=O)COC2=O)CC1. The van der Waals surface area contributed by atoms with Crippen molar-refractivity contribution < 1.29 is 32.3 Å². The van der Waals surface area contributed by atoms with Crippen LogP contribution in [0, 0.1) is 0 Å². The van der Waals surface area contributed by atoms with Gasteiger partial charge in [0.05, 0.1) is 5.56 Å². The average molecular weight is 356 g/mol. The maximum absolute atomic E-state index is 12.8. The van der Waals surface area contributed by atoms with Gasteiger partial charge in [-0.3, -0.25) is 9.59 Å². The first kappa shape index (κ1) is 17.2. The minimum Gasteiger partial charge on any atom is -0.439 e. The minimum atomic E-state index is -4.51. The number of ether oxygens (including phenoxy) is 1. The summed E-state index contributed by atoms with van der Waals surface area (Å²) in [7, 11) is 0. The van der Waals surface area contributed by atoms with E-state index in [-0.39, 0.29) is 31.3 Å². The Hall–Kier alpha value is -2.58. The maximum atomic E-state index is 12.8. The maximum Gasteiger partial charge on any atom is 0.417 e. The van der Waals surface area contributed by atoms with Crippen LogP contribution >= 0.6 is 0 Å². The van der Waals surface area contributed by atoms with E-state index >= 15 is 0 Å². The smallest absolute Gasteiger partial charge is 0.417 e. The summed E-state index contributed by atoms with van der Waals surface area (Å²) in [6.07, 6.45) is -4.47. The van der Waals surface area contributed by atoms with Crippen molar-refractivity contribution in [1.82, 2.24) is 9.80 Å². The number of halogens is 3. The van der Waals surface area contributed by atoms with Crippen molar-refractivity contribution in [2.24, 2.45) is 0 Å². The van der Waals surface area contributed by atoms with Crippen LogP contribution in [0.5, 0.6) is 0 Å². The van der Waals surface area contributed by atoms with Gasteiger partial charge < -0.3 is 9.64 Å². The van der Waals surface area contributed by atoms with Crippen LogP contribution in [-0.4, -0.2) is 53.4 Å². The van der Waals surface area contributed by atoms with Gasteiger partial charge >= 0.3 is 12.3 Å². The van der Waals surface area contributed by atoms with Crippen LogP contribution < -0.4 is 0 Å². The van der Waals surface area contributed by atoms with Crippen molar-refractivity contribution in [2.45, 2.75) is 25.1 Å². The Morgan fingerprint density at radius 2 is 1.84 bits per heavy atom. The number of carbonyl (C=O) groups is 3. The molecule has 3 amide bonds. The fraction of sp³-hybridized carbons (Fsp3) is 0.438. The van der Waals surface area contributed by atoms with Gasteiger partial charge in [-0.1, -0.05) is 6.07 Å². The van der Waals surface area contributed by atoms with Crippen molar-refractivity contribution in [3.63, 3.8) is 0 Å². The number of hydrogen-bond donors (Lipinski definition) is 0. The van der Waals surface area contributed by atoms with E-state index in [1.807, 2.05) is 0 Å². The van der Waals surface area contributed by atoms with E-state index < -0.39 is 29.6 Å². The summed E-state index contributed by atoms with van der Waals surface area (Å²) in [5, 5.41) is 0. The molecule has 0 atom stereocenters. The second-order valence-corrected chi connectivity index (χ2v) is 5.92.